The molecule has 0 bridgehead atoms. The first-order valence-electron chi connectivity index (χ1n) is 16.1. The number of piperidine rings is 1. The van der Waals surface area contributed by atoms with E-state index in [-0.39, 0.29) is 36.4 Å². The standard InChI is InChI=1S/C34H37F6N5O5/c1-4-24-17-27(30-26(7-9-29(42-30)49-3)45(24)32(48)50-5-2)44(19-20-14-22(33(35,36)37)16-23(15-20)34(38,39)40)28-8-6-25(18-41-28)43-12-10-21(11-13-43)31(46)47/h6-9,14-16,18,21,24,27H,4-5,10-13,17,19H2,1-3H3,(H,46,47)/t24-,27+/m1/s1. The number of carboxylic acids is 1. The molecule has 10 nitrogen and oxygen atoms in total. The van der Waals surface area contributed by atoms with Crippen molar-refractivity contribution in [2.45, 2.75) is 70.5 Å². The third-order valence-corrected chi connectivity index (χ3v) is 9.07. The molecular formula is C34H37F6N5O5. The van der Waals surface area contributed by atoms with Crippen molar-refractivity contribution in [3.8, 4) is 5.88 Å². The van der Waals surface area contributed by atoms with Gasteiger partial charge < -0.3 is 24.4 Å². The summed E-state index contributed by atoms with van der Waals surface area (Å²) in [5.41, 5.74) is -1.82. The molecule has 16 heteroatoms. The molecular weight excluding hydrogens is 672 g/mol. The summed E-state index contributed by atoms with van der Waals surface area (Å²) in [7, 11) is 1.39. The minimum Gasteiger partial charge on any atom is -0.481 e. The van der Waals surface area contributed by atoms with E-state index in [4.69, 9.17) is 9.47 Å². The van der Waals surface area contributed by atoms with Crippen LogP contribution in [0.2, 0.25) is 0 Å². The highest BCUT2D eigenvalue weighted by atomic mass is 19.4. The monoisotopic (exact) mass is 709 g/mol. The number of halogens is 6. The molecule has 0 unspecified atom stereocenters. The second-order valence-corrected chi connectivity index (χ2v) is 12.2. The molecule has 1 fully saturated rings. The normalized spacial score (nSPS) is 18.4. The molecule has 1 aromatic carbocycles. The van der Waals surface area contributed by atoms with Crippen molar-refractivity contribution in [1.29, 1.82) is 0 Å². The third-order valence-electron chi connectivity index (χ3n) is 9.07. The highest BCUT2D eigenvalue weighted by Gasteiger charge is 2.42. The Morgan fingerprint density at radius 2 is 1.64 bits per heavy atom. The number of carboxylic acid groups (broad SMARTS) is 1. The summed E-state index contributed by atoms with van der Waals surface area (Å²) in [4.78, 5) is 38.9. The van der Waals surface area contributed by atoms with Gasteiger partial charge in [0.2, 0.25) is 5.88 Å². The molecule has 2 atom stereocenters. The van der Waals surface area contributed by atoms with Gasteiger partial charge in [-0.25, -0.2) is 14.8 Å². The first-order valence-corrected chi connectivity index (χ1v) is 16.1. The van der Waals surface area contributed by atoms with Crippen LogP contribution in [0.25, 0.3) is 0 Å². The fourth-order valence-corrected chi connectivity index (χ4v) is 6.53. The predicted octanol–water partition coefficient (Wildman–Crippen LogP) is 7.72. The lowest BCUT2D eigenvalue weighted by molar-refractivity contribution is -0.144. The zero-order valence-corrected chi connectivity index (χ0v) is 27.6. The Hall–Kier alpha value is -4.76. The zero-order chi connectivity index (χ0) is 36.4. The number of benzene rings is 1. The lowest BCUT2D eigenvalue weighted by Gasteiger charge is -2.43. The second kappa shape index (κ2) is 14.6. The average Bonchev–Trinajstić information content (AvgIpc) is 3.09. The largest absolute Gasteiger partial charge is 0.481 e. The number of nitrogens with zero attached hydrogens (tertiary/aromatic N) is 5. The molecule has 1 N–H and O–H groups in total. The van der Waals surface area contributed by atoms with Gasteiger partial charge in [0.15, 0.2) is 0 Å². The Kier molecular flexibility index (Phi) is 10.7. The van der Waals surface area contributed by atoms with E-state index in [1.807, 2.05) is 11.8 Å². The molecule has 0 spiro atoms. The number of aromatic nitrogens is 2. The van der Waals surface area contributed by atoms with E-state index >= 15 is 0 Å². The maximum absolute atomic E-state index is 13.9. The van der Waals surface area contributed by atoms with E-state index in [1.54, 1.807) is 42.3 Å². The summed E-state index contributed by atoms with van der Waals surface area (Å²) >= 11 is 0. The van der Waals surface area contributed by atoms with Gasteiger partial charge in [0, 0.05) is 31.7 Å². The number of anilines is 3. The second-order valence-electron chi connectivity index (χ2n) is 12.2. The third kappa shape index (κ3) is 7.83. The van der Waals surface area contributed by atoms with E-state index in [0.717, 1.165) is 0 Å². The number of rotatable bonds is 9. The van der Waals surface area contributed by atoms with Crippen molar-refractivity contribution in [3.05, 3.63) is 71.0 Å². The minimum atomic E-state index is -5.05. The van der Waals surface area contributed by atoms with Crippen molar-refractivity contribution < 1.29 is 50.5 Å². The van der Waals surface area contributed by atoms with E-state index < -0.39 is 60.1 Å². The fraction of sp³-hybridized carbons (Fsp3) is 0.471. The molecule has 5 rings (SSSR count). The molecule has 270 valence electrons. The van der Waals surface area contributed by atoms with Gasteiger partial charge in [-0.15, -0.1) is 0 Å². The van der Waals surface area contributed by atoms with Crippen molar-refractivity contribution in [2.75, 3.05) is 41.5 Å². The highest BCUT2D eigenvalue weighted by Crippen LogP contribution is 2.44. The number of hydrogen-bond acceptors (Lipinski definition) is 8. The Bertz CT molecular complexity index is 1650. The van der Waals surface area contributed by atoms with Crippen molar-refractivity contribution in [2.24, 2.45) is 5.92 Å². The Balaban J connectivity index is 1.63. The molecule has 4 heterocycles. The molecule has 0 aliphatic carbocycles. The minimum absolute atomic E-state index is 0.0844. The number of alkyl halides is 6. The molecule has 2 aliphatic rings. The maximum atomic E-state index is 13.9. The maximum Gasteiger partial charge on any atom is 0.416 e. The number of ether oxygens (including phenoxy) is 2. The number of methoxy groups -OCH3 is 1. The van der Waals surface area contributed by atoms with Crippen LogP contribution < -0.4 is 19.4 Å². The van der Waals surface area contributed by atoms with Gasteiger partial charge in [0.05, 0.1) is 60.1 Å². The Labute approximate surface area is 284 Å². The number of pyridine rings is 2. The first-order chi connectivity index (χ1) is 23.6. The number of fused-ring (bicyclic) bond motifs is 1. The summed E-state index contributed by atoms with van der Waals surface area (Å²) in [5.74, 6) is -0.902. The summed E-state index contributed by atoms with van der Waals surface area (Å²) in [6.45, 7) is 4.11. The van der Waals surface area contributed by atoms with Crippen LogP contribution in [-0.4, -0.2) is 60.0 Å². The predicted molar refractivity (Wildman–Crippen MR) is 171 cm³/mol. The van der Waals surface area contributed by atoms with Crippen LogP contribution >= 0.6 is 0 Å². The van der Waals surface area contributed by atoms with Crippen molar-refractivity contribution in [3.63, 3.8) is 0 Å². The van der Waals surface area contributed by atoms with E-state index in [0.29, 0.717) is 61.6 Å². The van der Waals surface area contributed by atoms with E-state index in [9.17, 15) is 41.0 Å². The molecule has 3 aromatic rings. The van der Waals surface area contributed by atoms with Gasteiger partial charge in [-0.1, -0.05) is 6.92 Å². The molecule has 1 saturated heterocycles. The van der Waals surface area contributed by atoms with Crippen LogP contribution in [0.5, 0.6) is 5.88 Å². The highest BCUT2D eigenvalue weighted by molar-refractivity contribution is 5.90. The summed E-state index contributed by atoms with van der Waals surface area (Å²) in [6.07, 6.45) is -7.69. The van der Waals surface area contributed by atoms with Crippen LogP contribution in [0.15, 0.2) is 48.7 Å². The van der Waals surface area contributed by atoms with Gasteiger partial charge in [-0.2, -0.15) is 26.3 Å². The fourth-order valence-electron chi connectivity index (χ4n) is 6.53. The van der Waals surface area contributed by atoms with Gasteiger partial charge in [0.25, 0.3) is 0 Å². The molecule has 0 radical (unpaired) electrons. The van der Waals surface area contributed by atoms with E-state index in [1.165, 1.54) is 12.0 Å². The van der Waals surface area contributed by atoms with Crippen molar-refractivity contribution >= 4 is 29.3 Å². The molecule has 2 aromatic heterocycles. The number of carbonyl (C=O) groups is 2. The number of aliphatic carboxylic acids is 1. The lowest BCUT2D eigenvalue weighted by Crippen LogP contribution is -2.48. The van der Waals surface area contributed by atoms with Crippen LogP contribution in [0.4, 0.5) is 48.3 Å². The lowest BCUT2D eigenvalue weighted by atomic mass is 9.91. The smallest absolute Gasteiger partial charge is 0.416 e. The first kappa shape index (κ1) is 36.5. The number of hydrogen-bond donors (Lipinski definition) is 1. The van der Waals surface area contributed by atoms with Crippen LogP contribution in [0.1, 0.15) is 68.0 Å². The Morgan fingerprint density at radius 1 is 0.980 bits per heavy atom. The number of carbonyl (C=O) groups excluding carboxylic acids is 1. The summed E-state index contributed by atoms with van der Waals surface area (Å²) < 4.78 is 94.1. The van der Waals surface area contributed by atoms with Gasteiger partial charge in [-0.3, -0.25) is 9.69 Å². The zero-order valence-electron chi connectivity index (χ0n) is 27.6. The SMILES string of the molecule is CCOC(=O)N1c2ccc(OC)nc2[C@@H](N(Cc2cc(C(F)(F)F)cc(C(F)(F)F)c2)c2ccc(N3CCC(C(=O)O)CC3)cn2)C[C@H]1CC. The van der Waals surface area contributed by atoms with Crippen LogP contribution in [0.3, 0.4) is 0 Å². The summed E-state index contributed by atoms with van der Waals surface area (Å²) in [6, 6.07) is 6.71. The van der Waals surface area contributed by atoms with Crippen LogP contribution in [-0.2, 0) is 28.4 Å². The van der Waals surface area contributed by atoms with Gasteiger partial charge in [-0.05, 0) is 74.6 Å². The van der Waals surface area contributed by atoms with Gasteiger partial charge in [0.1, 0.15) is 5.82 Å². The number of amides is 1. The quantitative estimate of drug-likeness (QED) is 0.224. The Morgan fingerprint density at radius 3 is 2.16 bits per heavy atom. The van der Waals surface area contributed by atoms with Gasteiger partial charge >= 0.3 is 24.4 Å². The van der Waals surface area contributed by atoms with Crippen molar-refractivity contribution in [1.82, 2.24) is 9.97 Å². The van der Waals surface area contributed by atoms with Crippen LogP contribution in [0, 0.1) is 5.92 Å². The molecule has 2 aliphatic heterocycles. The summed E-state index contributed by atoms with van der Waals surface area (Å²) in [5, 5.41) is 9.37. The molecule has 1 amide bonds. The van der Waals surface area contributed by atoms with E-state index in [2.05, 4.69) is 9.97 Å². The average molecular weight is 710 g/mol. The molecule has 50 heavy (non-hydrogen) atoms. The topological polar surface area (TPSA) is 108 Å². The molecule has 0 saturated carbocycles.